The average molecular weight is 284 g/mol. The highest BCUT2D eigenvalue weighted by Gasteiger charge is 2.13. The fraction of sp³-hybridized carbons (Fsp3) is 0.0909. The first-order chi connectivity index (χ1) is 7.18. The maximum Gasteiger partial charge on any atom is 0.116 e. The van der Waals surface area contributed by atoms with E-state index in [1.807, 2.05) is 17.5 Å². The second kappa shape index (κ2) is 4.35. The quantitative estimate of drug-likeness (QED) is 0.889. The van der Waals surface area contributed by atoms with Crippen molar-refractivity contribution in [2.75, 3.05) is 0 Å². The van der Waals surface area contributed by atoms with E-state index in [-0.39, 0.29) is 11.8 Å². The molecule has 3 N–H and O–H groups in total. The minimum atomic E-state index is -0.188. The van der Waals surface area contributed by atoms with Crippen LogP contribution in [0.25, 0.3) is 0 Å². The zero-order valence-electron chi connectivity index (χ0n) is 7.85. The van der Waals surface area contributed by atoms with Gasteiger partial charge in [-0.25, -0.2) is 0 Å². The molecule has 0 fully saturated rings. The van der Waals surface area contributed by atoms with E-state index < -0.39 is 0 Å². The molecule has 0 spiro atoms. The van der Waals surface area contributed by atoms with Gasteiger partial charge in [0.25, 0.3) is 0 Å². The fourth-order valence-corrected chi connectivity index (χ4v) is 2.63. The SMILES string of the molecule is N[C@@H](c1cccs1)c1cc(O)ccc1Br. The number of hydrogen-bond acceptors (Lipinski definition) is 3. The Kier molecular flexibility index (Phi) is 3.09. The van der Waals surface area contributed by atoms with Gasteiger partial charge in [-0.05, 0) is 35.2 Å². The van der Waals surface area contributed by atoms with Gasteiger partial charge in [0, 0.05) is 9.35 Å². The number of halogens is 1. The molecule has 0 unspecified atom stereocenters. The normalized spacial score (nSPS) is 12.7. The third kappa shape index (κ3) is 2.22. The van der Waals surface area contributed by atoms with Crippen molar-refractivity contribution in [1.29, 1.82) is 0 Å². The third-order valence-corrected chi connectivity index (χ3v) is 3.84. The highest BCUT2D eigenvalue weighted by atomic mass is 79.9. The monoisotopic (exact) mass is 283 g/mol. The Morgan fingerprint density at radius 1 is 1.33 bits per heavy atom. The predicted molar refractivity (Wildman–Crippen MR) is 66.2 cm³/mol. The first-order valence-corrected chi connectivity index (χ1v) is 6.13. The number of phenolic OH excluding ortho intramolecular Hbond substituents is 1. The summed E-state index contributed by atoms with van der Waals surface area (Å²) in [4.78, 5) is 1.08. The van der Waals surface area contributed by atoms with Crippen LogP contribution in [0.15, 0.2) is 40.2 Å². The van der Waals surface area contributed by atoms with Gasteiger partial charge in [0.15, 0.2) is 0 Å². The summed E-state index contributed by atoms with van der Waals surface area (Å²) in [6.45, 7) is 0. The van der Waals surface area contributed by atoms with E-state index in [4.69, 9.17) is 5.73 Å². The lowest BCUT2D eigenvalue weighted by Gasteiger charge is -2.12. The van der Waals surface area contributed by atoms with Gasteiger partial charge in [0.1, 0.15) is 5.75 Å². The van der Waals surface area contributed by atoms with E-state index in [0.717, 1.165) is 14.9 Å². The first-order valence-electron chi connectivity index (χ1n) is 4.46. The van der Waals surface area contributed by atoms with Crippen molar-refractivity contribution in [3.05, 3.63) is 50.6 Å². The standard InChI is InChI=1S/C11H10BrNOS/c12-9-4-3-7(14)6-8(9)11(13)10-2-1-5-15-10/h1-6,11,14H,13H2/t11-/m1/s1. The van der Waals surface area contributed by atoms with Crippen LogP contribution in [-0.2, 0) is 0 Å². The summed E-state index contributed by atoms with van der Waals surface area (Å²) < 4.78 is 0.918. The van der Waals surface area contributed by atoms with E-state index in [1.165, 1.54) is 0 Å². The number of nitrogens with two attached hydrogens (primary N) is 1. The lowest BCUT2D eigenvalue weighted by atomic mass is 10.1. The molecule has 0 aliphatic heterocycles. The molecule has 78 valence electrons. The summed E-state index contributed by atoms with van der Waals surface area (Å²) in [5.74, 6) is 0.236. The van der Waals surface area contributed by atoms with Crippen LogP contribution < -0.4 is 5.73 Å². The summed E-state index contributed by atoms with van der Waals surface area (Å²) in [6.07, 6.45) is 0. The van der Waals surface area contributed by atoms with Gasteiger partial charge in [-0.3, -0.25) is 0 Å². The minimum Gasteiger partial charge on any atom is -0.508 e. The second-order valence-corrected chi connectivity index (χ2v) is 5.03. The molecule has 1 aromatic carbocycles. The Balaban J connectivity index is 2.41. The van der Waals surface area contributed by atoms with Crippen LogP contribution in [-0.4, -0.2) is 5.11 Å². The van der Waals surface area contributed by atoms with Crippen LogP contribution >= 0.6 is 27.3 Å². The smallest absolute Gasteiger partial charge is 0.116 e. The third-order valence-electron chi connectivity index (χ3n) is 2.16. The summed E-state index contributed by atoms with van der Waals surface area (Å²) in [6, 6.07) is 8.90. The Labute approximate surface area is 100 Å². The van der Waals surface area contributed by atoms with Crippen molar-refractivity contribution >= 4 is 27.3 Å². The highest BCUT2D eigenvalue weighted by Crippen LogP contribution is 2.31. The van der Waals surface area contributed by atoms with Gasteiger partial charge in [-0.15, -0.1) is 11.3 Å². The van der Waals surface area contributed by atoms with Crippen molar-refractivity contribution in [3.63, 3.8) is 0 Å². The van der Waals surface area contributed by atoms with Crippen LogP contribution in [0.2, 0.25) is 0 Å². The molecule has 1 heterocycles. The Morgan fingerprint density at radius 3 is 2.80 bits per heavy atom. The van der Waals surface area contributed by atoms with Crippen LogP contribution in [0.1, 0.15) is 16.5 Å². The van der Waals surface area contributed by atoms with Gasteiger partial charge < -0.3 is 10.8 Å². The van der Waals surface area contributed by atoms with Crippen LogP contribution in [0.5, 0.6) is 5.75 Å². The van der Waals surface area contributed by atoms with Crippen molar-refractivity contribution in [3.8, 4) is 5.75 Å². The van der Waals surface area contributed by atoms with Gasteiger partial charge in [-0.2, -0.15) is 0 Å². The van der Waals surface area contributed by atoms with E-state index in [2.05, 4.69) is 15.9 Å². The number of benzene rings is 1. The van der Waals surface area contributed by atoms with Crippen molar-refractivity contribution in [2.45, 2.75) is 6.04 Å². The molecule has 2 aromatic rings. The number of rotatable bonds is 2. The lowest BCUT2D eigenvalue weighted by molar-refractivity contribution is 0.474. The van der Waals surface area contributed by atoms with Gasteiger partial charge in [-0.1, -0.05) is 22.0 Å². The highest BCUT2D eigenvalue weighted by molar-refractivity contribution is 9.10. The summed E-state index contributed by atoms with van der Waals surface area (Å²) in [7, 11) is 0. The van der Waals surface area contributed by atoms with Crippen molar-refractivity contribution in [2.24, 2.45) is 5.73 Å². The van der Waals surface area contributed by atoms with E-state index in [1.54, 1.807) is 29.5 Å². The lowest BCUT2D eigenvalue weighted by Crippen LogP contribution is -2.10. The molecule has 0 saturated carbocycles. The molecule has 4 heteroatoms. The molecule has 0 radical (unpaired) electrons. The summed E-state index contributed by atoms with van der Waals surface area (Å²) >= 11 is 5.04. The topological polar surface area (TPSA) is 46.2 Å². The zero-order chi connectivity index (χ0) is 10.8. The molecule has 1 atom stereocenters. The van der Waals surface area contributed by atoms with Gasteiger partial charge in [0.05, 0.1) is 6.04 Å². The van der Waals surface area contributed by atoms with Crippen LogP contribution in [0, 0.1) is 0 Å². The molecule has 0 bridgehead atoms. The number of aromatic hydroxyl groups is 1. The van der Waals surface area contributed by atoms with Crippen LogP contribution in [0.4, 0.5) is 0 Å². The van der Waals surface area contributed by atoms with E-state index in [9.17, 15) is 5.11 Å². The molecule has 0 amide bonds. The maximum absolute atomic E-state index is 9.41. The Hall–Kier alpha value is -0.840. The van der Waals surface area contributed by atoms with Gasteiger partial charge in [0.2, 0.25) is 0 Å². The average Bonchev–Trinajstić information content (AvgIpc) is 2.74. The molecular formula is C11H10BrNOS. The second-order valence-electron chi connectivity index (χ2n) is 3.20. The first kappa shape index (κ1) is 10.7. The molecule has 2 nitrogen and oxygen atoms in total. The van der Waals surface area contributed by atoms with Crippen molar-refractivity contribution in [1.82, 2.24) is 0 Å². The molecule has 0 aliphatic carbocycles. The molecule has 0 aliphatic rings. The van der Waals surface area contributed by atoms with Crippen molar-refractivity contribution < 1.29 is 5.11 Å². The zero-order valence-corrected chi connectivity index (χ0v) is 10.3. The van der Waals surface area contributed by atoms with E-state index >= 15 is 0 Å². The maximum atomic E-state index is 9.41. The summed E-state index contributed by atoms with van der Waals surface area (Å²) in [5, 5.41) is 11.4. The van der Waals surface area contributed by atoms with Gasteiger partial charge >= 0.3 is 0 Å². The predicted octanol–water partition coefficient (Wildman–Crippen LogP) is 3.26. The largest absolute Gasteiger partial charge is 0.508 e. The number of hydrogen-bond donors (Lipinski definition) is 2. The van der Waals surface area contributed by atoms with Crippen LogP contribution in [0.3, 0.4) is 0 Å². The Morgan fingerprint density at radius 2 is 2.13 bits per heavy atom. The van der Waals surface area contributed by atoms with E-state index in [0.29, 0.717) is 0 Å². The Bertz CT molecular complexity index is 456. The summed E-state index contributed by atoms with van der Waals surface area (Å²) in [5.41, 5.74) is 7.00. The number of thiophene rings is 1. The molecule has 1 aromatic heterocycles. The molecule has 15 heavy (non-hydrogen) atoms. The fourth-order valence-electron chi connectivity index (χ4n) is 1.39. The molecular weight excluding hydrogens is 274 g/mol. The molecule has 0 saturated heterocycles. The molecule has 2 rings (SSSR count). The number of phenols is 1. The minimum absolute atomic E-state index is 0.188.